The Kier molecular flexibility index (Phi) is 5.94. The van der Waals surface area contributed by atoms with Crippen LogP contribution in [0.15, 0.2) is 22.2 Å². The van der Waals surface area contributed by atoms with E-state index in [4.69, 9.17) is 21.2 Å². The first-order valence-electron chi connectivity index (χ1n) is 10.3. The second-order valence-electron chi connectivity index (χ2n) is 8.29. The van der Waals surface area contributed by atoms with Crippen LogP contribution in [0.4, 0.5) is 0 Å². The molecule has 0 amide bonds. The molecule has 1 aromatic rings. The van der Waals surface area contributed by atoms with Crippen LogP contribution in [0.25, 0.3) is 0 Å². The number of halogens is 1. The van der Waals surface area contributed by atoms with Crippen molar-refractivity contribution >= 4 is 17.5 Å². The molecule has 3 unspecified atom stereocenters. The van der Waals surface area contributed by atoms with Gasteiger partial charge >= 0.3 is 0 Å². The van der Waals surface area contributed by atoms with Gasteiger partial charge in [0.15, 0.2) is 12.2 Å². The van der Waals surface area contributed by atoms with E-state index in [1.54, 1.807) is 12.3 Å². The van der Waals surface area contributed by atoms with Gasteiger partial charge in [0.05, 0.1) is 5.41 Å². The number of oxime groups is 1. The zero-order chi connectivity index (χ0) is 19.6. The molecule has 0 radical (unpaired) electrons. The first-order chi connectivity index (χ1) is 13.6. The third-order valence-corrected chi connectivity index (χ3v) is 6.41. The second-order valence-corrected chi connectivity index (χ2v) is 8.70. The van der Waals surface area contributed by atoms with Gasteiger partial charge in [-0.25, -0.2) is 0 Å². The smallest absolute Gasteiger partial charge is 0.266 e. The lowest BCUT2D eigenvalue weighted by Gasteiger charge is -2.38. The molecule has 2 saturated heterocycles. The maximum absolute atomic E-state index is 11.6. The van der Waals surface area contributed by atoms with Crippen LogP contribution in [0.3, 0.4) is 0 Å². The van der Waals surface area contributed by atoms with Crippen LogP contribution in [0.2, 0.25) is 5.02 Å². The highest BCUT2D eigenvalue weighted by atomic mass is 35.5. The average molecular weight is 409 g/mol. The summed E-state index contributed by atoms with van der Waals surface area (Å²) in [6, 6.07) is 1.73. The van der Waals surface area contributed by atoms with Crippen molar-refractivity contribution in [1.82, 2.24) is 15.2 Å². The molecule has 2 N–H and O–H groups in total. The molecular formula is C20H29ClN4O3. The highest BCUT2D eigenvalue weighted by Crippen LogP contribution is 2.35. The maximum atomic E-state index is 11.6. The lowest BCUT2D eigenvalue weighted by Crippen LogP contribution is -2.49. The maximum Gasteiger partial charge on any atom is 0.266 e. The summed E-state index contributed by atoms with van der Waals surface area (Å²) < 4.78 is 6.45. The van der Waals surface area contributed by atoms with Gasteiger partial charge in [0.25, 0.3) is 5.56 Å². The summed E-state index contributed by atoms with van der Waals surface area (Å²) in [6.45, 7) is 6.80. The van der Waals surface area contributed by atoms with Crippen molar-refractivity contribution < 1.29 is 9.57 Å². The number of nitrogens with one attached hydrogen (secondary N) is 2. The first-order valence-corrected chi connectivity index (χ1v) is 10.6. The molecule has 0 aromatic carbocycles. The van der Waals surface area contributed by atoms with Crippen LogP contribution < -0.4 is 10.9 Å². The van der Waals surface area contributed by atoms with Gasteiger partial charge in [0.1, 0.15) is 5.02 Å². The summed E-state index contributed by atoms with van der Waals surface area (Å²) in [6.07, 6.45) is 7.04. The Balaban J connectivity index is 1.51. The van der Waals surface area contributed by atoms with Crippen molar-refractivity contribution in [2.75, 3.05) is 32.7 Å². The van der Waals surface area contributed by atoms with Crippen molar-refractivity contribution in [3.8, 4) is 0 Å². The van der Waals surface area contributed by atoms with Crippen LogP contribution in [0.5, 0.6) is 0 Å². The molecule has 0 aliphatic carbocycles. The zero-order valence-corrected chi connectivity index (χ0v) is 17.1. The minimum atomic E-state index is -0.290. The molecule has 28 heavy (non-hydrogen) atoms. The standard InChI is InChI=1S/C20H29ClN4O3/c1-14-17(12-25-7-3-2-4-8-25)27-19(24-28-14)20(5-6-22-13-20)10-15-9-16(21)18(26)23-11-15/h9,11,14,17,22H,2-8,10,12-13H2,1H3,(H,23,26). The van der Waals surface area contributed by atoms with E-state index in [1.807, 2.05) is 6.92 Å². The number of pyridine rings is 1. The van der Waals surface area contributed by atoms with Crippen molar-refractivity contribution in [2.45, 2.75) is 51.2 Å². The number of hydrogen-bond acceptors (Lipinski definition) is 6. The lowest BCUT2D eigenvalue weighted by molar-refractivity contribution is -0.0717. The van der Waals surface area contributed by atoms with E-state index in [0.717, 1.165) is 44.7 Å². The molecule has 4 heterocycles. The van der Waals surface area contributed by atoms with Gasteiger partial charge < -0.3 is 19.9 Å². The van der Waals surface area contributed by atoms with E-state index < -0.39 is 0 Å². The molecule has 7 nitrogen and oxygen atoms in total. The van der Waals surface area contributed by atoms with E-state index in [1.165, 1.54) is 19.3 Å². The Morgan fingerprint density at radius 1 is 1.36 bits per heavy atom. The van der Waals surface area contributed by atoms with Crippen molar-refractivity contribution in [3.63, 3.8) is 0 Å². The van der Waals surface area contributed by atoms with Crippen LogP contribution in [0.1, 0.15) is 38.2 Å². The molecular weight excluding hydrogens is 380 g/mol. The van der Waals surface area contributed by atoms with Gasteiger partial charge in [-0.1, -0.05) is 23.2 Å². The quantitative estimate of drug-likeness (QED) is 0.780. The average Bonchev–Trinajstić information content (AvgIpc) is 3.17. The summed E-state index contributed by atoms with van der Waals surface area (Å²) in [5.74, 6) is 0.667. The fraction of sp³-hybridized carbons (Fsp3) is 0.700. The van der Waals surface area contributed by atoms with Crippen LogP contribution >= 0.6 is 11.6 Å². The number of nitrogens with zero attached hydrogens (tertiary/aromatic N) is 2. The second kappa shape index (κ2) is 8.43. The Hall–Kier alpha value is -1.57. The number of aromatic nitrogens is 1. The van der Waals surface area contributed by atoms with Gasteiger partial charge in [-0.3, -0.25) is 9.69 Å². The molecule has 154 valence electrons. The Morgan fingerprint density at radius 3 is 2.89 bits per heavy atom. The lowest BCUT2D eigenvalue weighted by atomic mass is 9.80. The Bertz CT molecular complexity index is 769. The van der Waals surface area contributed by atoms with Crippen molar-refractivity contribution in [1.29, 1.82) is 0 Å². The van der Waals surface area contributed by atoms with E-state index >= 15 is 0 Å². The Morgan fingerprint density at radius 2 is 2.18 bits per heavy atom. The van der Waals surface area contributed by atoms with Gasteiger partial charge in [-0.05, 0) is 63.9 Å². The fourth-order valence-electron chi connectivity index (χ4n) is 4.41. The third kappa shape index (κ3) is 4.21. The minimum Gasteiger partial charge on any atom is -0.469 e. The highest BCUT2D eigenvalue weighted by Gasteiger charge is 2.45. The molecule has 0 bridgehead atoms. The van der Waals surface area contributed by atoms with E-state index in [-0.39, 0.29) is 28.2 Å². The molecule has 2 fully saturated rings. The molecule has 3 aliphatic rings. The minimum absolute atomic E-state index is 0.0257. The van der Waals surface area contributed by atoms with Gasteiger partial charge in [-0.2, -0.15) is 0 Å². The molecule has 4 rings (SSSR count). The summed E-state index contributed by atoms with van der Waals surface area (Å²) in [5, 5.41) is 8.01. The number of piperidine rings is 1. The molecule has 0 spiro atoms. The van der Waals surface area contributed by atoms with Crippen molar-refractivity contribution in [3.05, 3.63) is 33.2 Å². The summed E-state index contributed by atoms with van der Waals surface area (Å²) in [4.78, 5) is 22.5. The molecule has 0 saturated carbocycles. The molecule has 3 aliphatic heterocycles. The number of H-pyrrole nitrogens is 1. The number of rotatable bonds is 5. The summed E-state index contributed by atoms with van der Waals surface area (Å²) in [7, 11) is 0. The number of ether oxygens (including phenoxy) is 1. The van der Waals surface area contributed by atoms with Gasteiger partial charge in [0.2, 0.25) is 5.90 Å². The van der Waals surface area contributed by atoms with Crippen LogP contribution in [-0.2, 0) is 16.0 Å². The largest absolute Gasteiger partial charge is 0.469 e. The van der Waals surface area contributed by atoms with Crippen LogP contribution in [-0.4, -0.2) is 60.7 Å². The predicted molar refractivity (Wildman–Crippen MR) is 109 cm³/mol. The highest BCUT2D eigenvalue weighted by molar-refractivity contribution is 6.30. The molecule has 1 aromatic heterocycles. The van der Waals surface area contributed by atoms with Crippen molar-refractivity contribution in [2.24, 2.45) is 10.6 Å². The van der Waals surface area contributed by atoms with Gasteiger partial charge in [0, 0.05) is 19.3 Å². The SMILES string of the molecule is CC1ON=C(C2(Cc3c[nH]c(=O)c(Cl)c3)CCNC2)OC1CN1CCCCC1. The van der Waals surface area contributed by atoms with E-state index in [9.17, 15) is 4.79 Å². The van der Waals surface area contributed by atoms with Crippen LogP contribution in [0, 0.1) is 5.41 Å². The third-order valence-electron chi connectivity index (χ3n) is 6.13. The molecule has 3 atom stereocenters. The Labute approximate surface area is 170 Å². The first kappa shape index (κ1) is 19.7. The molecule has 8 heteroatoms. The zero-order valence-electron chi connectivity index (χ0n) is 16.4. The normalized spacial score (nSPS) is 31.1. The van der Waals surface area contributed by atoms with E-state index in [2.05, 4.69) is 20.4 Å². The summed E-state index contributed by atoms with van der Waals surface area (Å²) in [5.41, 5.74) is 0.404. The predicted octanol–water partition coefficient (Wildman–Crippen LogP) is 2.15. The fourth-order valence-corrected chi connectivity index (χ4v) is 4.60. The summed E-state index contributed by atoms with van der Waals surface area (Å²) >= 11 is 6.03. The van der Waals surface area contributed by atoms with Gasteiger partial charge in [-0.15, -0.1) is 0 Å². The van der Waals surface area contributed by atoms with E-state index in [0.29, 0.717) is 12.3 Å². The number of hydrogen-bond donors (Lipinski definition) is 2. The number of aromatic amines is 1. The monoisotopic (exact) mass is 408 g/mol. The number of likely N-dealkylation sites (tertiary alicyclic amines) is 1. The topological polar surface area (TPSA) is 78.9 Å².